The van der Waals surface area contributed by atoms with Crippen LogP contribution in [-0.4, -0.2) is 42.7 Å². The number of hydrogen-bond acceptors (Lipinski definition) is 9. The second-order valence-electron chi connectivity index (χ2n) is 7.27. The number of aromatic nitrogens is 3. The summed E-state index contributed by atoms with van der Waals surface area (Å²) in [6.45, 7) is 0.185. The van der Waals surface area contributed by atoms with Crippen LogP contribution in [0.2, 0.25) is 0 Å². The van der Waals surface area contributed by atoms with Gasteiger partial charge in [-0.05, 0) is 41.7 Å². The molecule has 0 aliphatic heterocycles. The van der Waals surface area contributed by atoms with Crippen molar-refractivity contribution in [1.82, 2.24) is 15.5 Å². The van der Waals surface area contributed by atoms with Gasteiger partial charge in [-0.25, -0.2) is 13.4 Å². The number of carbonyl (C=O) groups excluding carboxylic acids is 1. The van der Waals surface area contributed by atoms with Crippen LogP contribution >= 0.6 is 0 Å². The van der Waals surface area contributed by atoms with Crippen LogP contribution in [0.1, 0.15) is 12.1 Å². The van der Waals surface area contributed by atoms with Gasteiger partial charge in [0.2, 0.25) is 5.91 Å². The molecule has 2 N–H and O–H groups in total. The van der Waals surface area contributed by atoms with Crippen molar-refractivity contribution < 1.29 is 32.6 Å². The van der Waals surface area contributed by atoms with Crippen LogP contribution in [0.5, 0.6) is 11.6 Å². The predicted octanol–water partition coefficient (Wildman–Crippen LogP) is 1.99. The third-order valence-electron chi connectivity index (χ3n) is 4.84. The molecule has 0 aliphatic carbocycles. The monoisotopic (exact) mass is 496 g/mol. The van der Waals surface area contributed by atoms with E-state index in [0.29, 0.717) is 17.6 Å². The lowest BCUT2D eigenvalue weighted by atomic mass is 10.2. The van der Waals surface area contributed by atoms with E-state index in [1.54, 1.807) is 24.3 Å². The standard InChI is InChI=1S/C23H20N4O7S/c28-19-9-4-6-16-10-11-17(25-21(16)19)12-13-20(29)24-14-5-15-33-22-23(27(30)34-26-22)35(31,32)18-7-2-1-3-8-18/h1-4,6-13,28H,5,14-15H2,(H,24,29)/b13-12+. The summed E-state index contributed by atoms with van der Waals surface area (Å²) >= 11 is 0. The van der Waals surface area contributed by atoms with Gasteiger partial charge in [0.15, 0.2) is 0 Å². The predicted molar refractivity (Wildman–Crippen MR) is 123 cm³/mol. The molecule has 4 rings (SSSR count). The van der Waals surface area contributed by atoms with Crippen LogP contribution in [0.25, 0.3) is 17.0 Å². The SMILES string of the molecule is O=C(/C=C/c1ccc2cccc(O)c2n1)NCCCOc1no[n+]([O-])c1S(=O)(=O)c1ccccc1. The Morgan fingerprint density at radius 3 is 2.74 bits per heavy atom. The van der Waals surface area contributed by atoms with Crippen LogP contribution in [0, 0.1) is 5.21 Å². The number of phenolic OH excluding ortho intramolecular Hbond substituents is 1. The van der Waals surface area contributed by atoms with E-state index in [9.17, 15) is 23.5 Å². The van der Waals surface area contributed by atoms with Gasteiger partial charge in [-0.3, -0.25) is 9.42 Å². The minimum atomic E-state index is -4.19. The summed E-state index contributed by atoms with van der Waals surface area (Å²) in [5, 5.41) is 27.8. The third kappa shape index (κ3) is 5.38. The largest absolute Gasteiger partial charge is 0.506 e. The third-order valence-corrected chi connectivity index (χ3v) is 6.57. The zero-order valence-electron chi connectivity index (χ0n) is 18.2. The number of fused-ring (bicyclic) bond motifs is 1. The highest BCUT2D eigenvalue weighted by molar-refractivity contribution is 7.91. The number of pyridine rings is 1. The van der Waals surface area contributed by atoms with Crippen molar-refractivity contribution in [3.63, 3.8) is 0 Å². The Hall–Kier alpha value is -4.45. The topological polar surface area (TPSA) is 159 Å². The Morgan fingerprint density at radius 1 is 1.14 bits per heavy atom. The van der Waals surface area contributed by atoms with Gasteiger partial charge in [0.05, 0.1) is 22.4 Å². The number of ether oxygens (including phenoxy) is 1. The average Bonchev–Trinajstić information content (AvgIpc) is 3.24. The van der Waals surface area contributed by atoms with Gasteiger partial charge in [-0.2, -0.15) is 0 Å². The average molecular weight is 497 g/mol. The number of sulfone groups is 1. The normalized spacial score (nSPS) is 11.7. The number of hydrogen-bond donors (Lipinski definition) is 2. The van der Waals surface area contributed by atoms with E-state index in [-0.39, 0.29) is 34.6 Å². The van der Waals surface area contributed by atoms with Crippen molar-refractivity contribution in [2.75, 3.05) is 13.2 Å². The first-order valence-electron chi connectivity index (χ1n) is 10.4. The van der Waals surface area contributed by atoms with Crippen LogP contribution in [-0.2, 0) is 14.6 Å². The number of nitrogens with one attached hydrogen (secondary N) is 1. The molecule has 2 aromatic carbocycles. The lowest BCUT2D eigenvalue weighted by Crippen LogP contribution is -2.31. The number of benzene rings is 2. The Balaban J connectivity index is 1.29. The van der Waals surface area contributed by atoms with Crippen LogP contribution in [0.3, 0.4) is 0 Å². The number of amides is 1. The maximum atomic E-state index is 12.7. The van der Waals surface area contributed by atoms with Gasteiger partial charge < -0.3 is 20.4 Å². The quantitative estimate of drug-likeness (QED) is 0.201. The molecule has 1 amide bonds. The van der Waals surface area contributed by atoms with Gasteiger partial charge in [0.25, 0.3) is 9.84 Å². The summed E-state index contributed by atoms with van der Waals surface area (Å²) < 4.78 is 35.2. The molecule has 0 saturated carbocycles. The first kappa shape index (κ1) is 23.7. The van der Waals surface area contributed by atoms with E-state index in [1.165, 1.54) is 42.5 Å². The van der Waals surface area contributed by atoms with Crippen LogP contribution < -0.4 is 15.0 Å². The van der Waals surface area contributed by atoms with Crippen molar-refractivity contribution in [3.8, 4) is 11.6 Å². The number of carbonyl (C=O) groups is 1. The molecule has 0 aliphatic rings. The Bertz CT molecular complexity index is 1480. The fourth-order valence-corrected chi connectivity index (χ4v) is 4.45. The number of nitrogens with zero attached hydrogens (tertiary/aromatic N) is 3. The Labute approximate surface area is 199 Å². The fourth-order valence-electron chi connectivity index (χ4n) is 3.15. The summed E-state index contributed by atoms with van der Waals surface area (Å²) in [6, 6.07) is 15.9. The molecule has 4 aromatic rings. The molecule has 0 fully saturated rings. The molecule has 180 valence electrons. The minimum Gasteiger partial charge on any atom is -0.506 e. The number of rotatable bonds is 9. The molecule has 12 heteroatoms. The number of phenols is 1. The van der Waals surface area contributed by atoms with Crippen molar-refractivity contribution in [2.45, 2.75) is 16.3 Å². The molecular weight excluding hydrogens is 476 g/mol. The van der Waals surface area contributed by atoms with E-state index in [2.05, 4.69) is 20.1 Å². The molecule has 35 heavy (non-hydrogen) atoms. The molecule has 0 saturated heterocycles. The van der Waals surface area contributed by atoms with Gasteiger partial charge in [0, 0.05) is 18.0 Å². The second-order valence-corrected chi connectivity index (χ2v) is 9.13. The summed E-state index contributed by atoms with van der Waals surface area (Å²) in [7, 11) is -4.19. The smallest absolute Gasteiger partial charge is 0.414 e. The van der Waals surface area contributed by atoms with Crippen LogP contribution in [0.15, 0.2) is 81.3 Å². The lowest BCUT2D eigenvalue weighted by Gasteiger charge is -2.04. The molecule has 0 atom stereocenters. The second kappa shape index (κ2) is 10.2. The molecule has 11 nitrogen and oxygen atoms in total. The summed E-state index contributed by atoms with van der Waals surface area (Å²) in [5.41, 5.74) is 0.940. The van der Waals surface area contributed by atoms with Crippen molar-refractivity contribution >= 4 is 32.7 Å². The molecule has 0 radical (unpaired) electrons. The molecular formula is C23H20N4O7S. The lowest BCUT2D eigenvalue weighted by molar-refractivity contribution is -0.832. The number of para-hydroxylation sites is 1. The van der Waals surface area contributed by atoms with Gasteiger partial charge >= 0.3 is 10.9 Å². The van der Waals surface area contributed by atoms with E-state index in [0.717, 1.165) is 5.39 Å². The highest BCUT2D eigenvalue weighted by Crippen LogP contribution is 2.25. The maximum Gasteiger partial charge on any atom is 0.414 e. The maximum absolute atomic E-state index is 12.7. The minimum absolute atomic E-state index is 0.0284. The Kier molecular flexibility index (Phi) is 6.92. The first-order valence-corrected chi connectivity index (χ1v) is 11.9. The van der Waals surface area contributed by atoms with E-state index in [1.807, 2.05) is 6.07 Å². The Morgan fingerprint density at radius 2 is 1.94 bits per heavy atom. The van der Waals surface area contributed by atoms with Gasteiger partial charge in [-0.15, -0.1) is 0 Å². The summed E-state index contributed by atoms with van der Waals surface area (Å²) in [6.07, 6.45) is 3.12. The van der Waals surface area contributed by atoms with Crippen molar-refractivity contribution in [1.29, 1.82) is 0 Å². The van der Waals surface area contributed by atoms with E-state index in [4.69, 9.17) is 4.74 Å². The molecule has 0 bridgehead atoms. The first-order chi connectivity index (χ1) is 16.9. The van der Waals surface area contributed by atoms with E-state index < -0.39 is 20.7 Å². The van der Waals surface area contributed by atoms with Gasteiger partial charge in [-0.1, -0.05) is 36.4 Å². The van der Waals surface area contributed by atoms with Gasteiger partial charge in [0.1, 0.15) is 11.3 Å². The highest BCUT2D eigenvalue weighted by Gasteiger charge is 2.35. The number of aromatic hydroxyl groups is 1. The molecule has 2 aromatic heterocycles. The summed E-state index contributed by atoms with van der Waals surface area (Å²) in [4.78, 5) is 16.0. The molecule has 0 unspecified atom stereocenters. The fraction of sp³-hybridized carbons (Fsp3) is 0.130. The highest BCUT2D eigenvalue weighted by atomic mass is 32.2. The van der Waals surface area contributed by atoms with Crippen LogP contribution in [0.4, 0.5) is 0 Å². The van der Waals surface area contributed by atoms with Crippen molar-refractivity contribution in [2.24, 2.45) is 0 Å². The van der Waals surface area contributed by atoms with E-state index >= 15 is 0 Å². The summed E-state index contributed by atoms with van der Waals surface area (Å²) in [5.74, 6) is -0.785. The molecule has 0 spiro atoms. The zero-order valence-corrected chi connectivity index (χ0v) is 19.0. The van der Waals surface area contributed by atoms with Crippen molar-refractivity contribution in [3.05, 3.63) is 77.6 Å². The zero-order chi connectivity index (χ0) is 24.8. The molecule has 2 heterocycles.